The molecule has 13 aromatic carbocycles. The Labute approximate surface area is 446 Å². The summed E-state index contributed by atoms with van der Waals surface area (Å²) < 4.78 is 0. The minimum absolute atomic E-state index is 1.13. The maximum absolute atomic E-state index is 2.40. The molecule has 13 aromatic rings. The third-order valence-electron chi connectivity index (χ3n) is 15.5. The number of anilines is 6. The molecule has 0 saturated carbocycles. The van der Waals surface area contributed by atoms with E-state index in [-0.39, 0.29) is 0 Å². The van der Waals surface area contributed by atoms with Gasteiger partial charge in [-0.15, -0.1) is 0 Å². The van der Waals surface area contributed by atoms with E-state index in [9.17, 15) is 0 Å². The Morgan fingerprint density at radius 1 is 0.211 bits per heavy atom. The van der Waals surface area contributed by atoms with Gasteiger partial charge in [0.15, 0.2) is 0 Å². The summed E-state index contributed by atoms with van der Waals surface area (Å²) in [5.41, 5.74) is 21.6. The Hall–Kier alpha value is -9.50. The lowest BCUT2D eigenvalue weighted by Gasteiger charge is -2.28. The van der Waals surface area contributed by atoms with Crippen LogP contribution in [0, 0.1) is 27.7 Å². The van der Waals surface area contributed by atoms with Gasteiger partial charge in [0, 0.05) is 33.5 Å². The maximum atomic E-state index is 2.40. The van der Waals surface area contributed by atoms with E-state index < -0.39 is 0 Å². The summed E-state index contributed by atoms with van der Waals surface area (Å²) in [6, 6.07) is 98.4. The highest BCUT2D eigenvalue weighted by Gasteiger charge is 2.19. The predicted octanol–water partition coefficient (Wildman–Crippen LogP) is 21.1. The molecule has 0 aliphatic heterocycles. The number of hydrogen-bond acceptors (Lipinski definition) is 2. The van der Waals surface area contributed by atoms with Gasteiger partial charge in [-0.3, -0.25) is 0 Å². The van der Waals surface area contributed by atoms with Crippen LogP contribution in [0.15, 0.2) is 267 Å². The van der Waals surface area contributed by atoms with Gasteiger partial charge >= 0.3 is 0 Å². The van der Waals surface area contributed by atoms with E-state index in [1.807, 2.05) is 0 Å². The van der Waals surface area contributed by atoms with Crippen LogP contribution in [0.2, 0.25) is 0 Å². The first-order valence-corrected chi connectivity index (χ1v) is 26.4. The number of nitrogens with zero attached hydrogens (tertiary/aromatic N) is 2. The van der Waals surface area contributed by atoms with E-state index in [1.165, 1.54) is 127 Å². The number of hydrogen-bond donors (Lipinski definition) is 0. The van der Waals surface area contributed by atoms with Gasteiger partial charge < -0.3 is 9.80 Å². The molecule has 2 heteroatoms. The highest BCUT2D eigenvalue weighted by atomic mass is 15.1. The van der Waals surface area contributed by atoms with Crippen LogP contribution < -0.4 is 9.80 Å². The molecule has 362 valence electrons. The molecule has 0 N–H and O–H groups in total. The van der Waals surface area contributed by atoms with Crippen molar-refractivity contribution in [2.75, 3.05) is 9.80 Å². The molecule has 0 heterocycles. The van der Waals surface area contributed by atoms with E-state index in [2.05, 4.69) is 304 Å². The van der Waals surface area contributed by atoms with Crippen molar-refractivity contribution in [3.8, 4) is 44.5 Å². The number of benzene rings is 13. The molecule has 2 nitrogen and oxygen atoms in total. The van der Waals surface area contributed by atoms with Gasteiger partial charge in [0.05, 0.1) is 11.4 Å². The standard InChI is InChI=1S/C74H56N2/c1-49-19-42-72(52(4)43-49)76(74-18-10-14-60-12-6-8-16-71(60)74)68-40-35-56(36-41-68)54-23-27-58(28-24-54)62-30-32-64-47-65-45-61(29-31-63(65)48-66(64)46-62)57-25-21-53(22-26-57)55-33-38-67(39-34-55)75(69-37-20-50(2)51(3)44-69)73-17-9-13-59-11-5-7-15-70(59)73/h5-48H,1-4H3. The SMILES string of the molecule is Cc1ccc(N(c2ccc(-c3ccc(-c4ccc5cc6cc(-c7ccc(-c8ccc(N(c9ccc(C)c(C)c9)c9cccc%10ccccc9%10)cc8)cc7)ccc6cc5c4)cc3)cc2)c2cccc3ccccc23)c(C)c1. The summed E-state index contributed by atoms with van der Waals surface area (Å²) in [5, 5.41) is 9.86. The monoisotopic (exact) mass is 972 g/mol. The Morgan fingerprint density at radius 2 is 0.618 bits per heavy atom. The van der Waals surface area contributed by atoms with Crippen LogP contribution in [-0.4, -0.2) is 0 Å². The van der Waals surface area contributed by atoms with Crippen LogP contribution in [0.25, 0.3) is 87.6 Å². The second kappa shape index (κ2) is 19.4. The van der Waals surface area contributed by atoms with Crippen molar-refractivity contribution in [2.24, 2.45) is 0 Å². The van der Waals surface area contributed by atoms with E-state index in [0.717, 1.165) is 17.1 Å². The molecule has 0 fully saturated rings. The van der Waals surface area contributed by atoms with Crippen molar-refractivity contribution >= 4 is 77.2 Å². The van der Waals surface area contributed by atoms with Gasteiger partial charge in [0.2, 0.25) is 0 Å². The van der Waals surface area contributed by atoms with Gasteiger partial charge in [-0.2, -0.15) is 0 Å². The normalized spacial score (nSPS) is 11.4. The molecule has 13 rings (SSSR count). The zero-order chi connectivity index (χ0) is 51.3. The smallest absolute Gasteiger partial charge is 0.0540 e. The molecule has 76 heavy (non-hydrogen) atoms. The quantitative estimate of drug-likeness (QED) is 0.126. The van der Waals surface area contributed by atoms with E-state index in [4.69, 9.17) is 0 Å². The lowest BCUT2D eigenvalue weighted by atomic mass is 9.95. The molecule has 0 aliphatic rings. The molecule has 0 aromatic heterocycles. The van der Waals surface area contributed by atoms with Crippen molar-refractivity contribution in [3.63, 3.8) is 0 Å². The van der Waals surface area contributed by atoms with Crippen LogP contribution in [0.3, 0.4) is 0 Å². The zero-order valence-corrected chi connectivity index (χ0v) is 43.3. The molecule has 0 spiro atoms. The van der Waals surface area contributed by atoms with Crippen molar-refractivity contribution in [3.05, 3.63) is 289 Å². The van der Waals surface area contributed by atoms with Crippen LogP contribution in [0.5, 0.6) is 0 Å². The lowest BCUT2D eigenvalue weighted by Crippen LogP contribution is -2.12. The Morgan fingerprint density at radius 3 is 1.11 bits per heavy atom. The minimum Gasteiger partial charge on any atom is -0.310 e. The van der Waals surface area contributed by atoms with E-state index in [1.54, 1.807) is 0 Å². The van der Waals surface area contributed by atoms with Gasteiger partial charge in [0.25, 0.3) is 0 Å². The van der Waals surface area contributed by atoms with Crippen molar-refractivity contribution < 1.29 is 0 Å². The molecule has 0 radical (unpaired) electrons. The first-order valence-electron chi connectivity index (χ1n) is 26.4. The third kappa shape index (κ3) is 8.74. The summed E-state index contributed by atoms with van der Waals surface area (Å²) >= 11 is 0. The molecule has 0 atom stereocenters. The molecule has 0 unspecified atom stereocenters. The first kappa shape index (κ1) is 46.3. The van der Waals surface area contributed by atoms with Crippen LogP contribution in [-0.2, 0) is 0 Å². The number of aryl methyl sites for hydroxylation is 4. The fraction of sp³-hybridized carbons (Fsp3) is 0.0541. The average molecular weight is 973 g/mol. The predicted molar refractivity (Wildman–Crippen MR) is 327 cm³/mol. The van der Waals surface area contributed by atoms with Crippen molar-refractivity contribution in [1.82, 2.24) is 0 Å². The maximum Gasteiger partial charge on any atom is 0.0540 e. The second-order valence-electron chi connectivity index (χ2n) is 20.5. The highest BCUT2D eigenvalue weighted by molar-refractivity contribution is 6.03. The molecule has 0 saturated heterocycles. The topological polar surface area (TPSA) is 6.48 Å². The summed E-state index contributed by atoms with van der Waals surface area (Å²) in [6.07, 6.45) is 0. The second-order valence-corrected chi connectivity index (χ2v) is 20.5. The fourth-order valence-electron chi connectivity index (χ4n) is 11.2. The Bertz CT molecular complexity index is 4290. The van der Waals surface area contributed by atoms with E-state index >= 15 is 0 Å². The van der Waals surface area contributed by atoms with E-state index in [0.29, 0.717) is 0 Å². The zero-order valence-electron chi connectivity index (χ0n) is 43.3. The molecular weight excluding hydrogens is 917 g/mol. The molecule has 0 amide bonds. The summed E-state index contributed by atoms with van der Waals surface area (Å²) in [6.45, 7) is 8.73. The number of rotatable bonds is 10. The largest absolute Gasteiger partial charge is 0.310 e. The van der Waals surface area contributed by atoms with Crippen LogP contribution in [0.4, 0.5) is 34.1 Å². The van der Waals surface area contributed by atoms with Gasteiger partial charge in [-0.1, -0.05) is 194 Å². The van der Waals surface area contributed by atoms with Crippen LogP contribution in [0.1, 0.15) is 22.3 Å². The van der Waals surface area contributed by atoms with Crippen LogP contribution >= 0.6 is 0 Å². The lowest BCUT2D eigenvalue weighted by molar-refractivity contribution is 1.25. The highest BCUT2D eigenvalue weighted by Crippen LogP contribution is 2.43. The van der Waals surface area contributed by atoms with Gasteiger partial charge in [0.1, 0.15) is 0 Å². The van der Waals surface area contributed by atoms with Crippen molar-refractivity contribution in [1.29, 1.82) is 0 Å². The molecule has 0 bridgehead atoms. The molecular formula is C74H56N2. The van der Waals surface area contributed by atoms with Gasteiger partial charge in [-0.05, 0) is 200 Å². The third-order valence-corrected chi connectivity index (χ3v) is 15.5. The Kier molecular flexibility index (Phi) is 11.8. The fourth-order valence-corrected chi connectivity index (χ4v) is 11.2. The number of fused-ring (bicyclic) bond motifs is 4. The summed E-state index contributed by atoms with van der Waals surface area (Å²) in [7, 11) is 0. The molecule has 0 aliphatic carbocycles. The Balaban J connectivity index is 0.726. The summed E-state index contributed by atoms with van der Waals surface area (Å²) in [5.74, 6) is 0. The van der Waals surface area contributed by atoms with Crippen molar-refractivity contribution in [2.45, 2.75) is 27.7 Å². The minimum atomic E-state index is 1.13. The van der Waals surface area contributed by atoms with Gasteiger partial charge in [-0.25, -0.2) is 0 Å². The summed E-state index contributed by atoms with van der Waals surface area (Å²) in [4.78, 5) is 4.79. The first-order chi connectivity index (χ1) is 37.3. The average Bonchev–Trinajstić information content (AvgIpc) is 3.49.